The Kier molecular flexibility index (Phi) is 4.56. The topological polar surface area (TPSA) is 69.6 Å². The number of anilines is 1. The number of carbonyl (C=O) groups excluding carboxylic acids is 1. The van der Waals surface area contributed by atoms with E-state index in [0.717, 1.165) is 21.3 Å². The lowest BCUT2D eigenvalue weighted by Crippen LogP contribution is -2.34. The molecule has 21 heavy (non-hydrogen) atoms. The maximum absolute atomic E-state index is 12.3. The molecule has 2 atom stereocenters. The SMILES string of the molecule is Cc1cc(Br)cc(C)c1NC(=O)N1C[C@@H](C)[C@H](C(=O)O)C1. The van der Waals surface area contributed by atoms with Crippen LogP contribution in [0.5, 0.6) is 0 Å². The summed E-state index contributed by atoms with van der Waals surface area (Å²) in [5.41, 5.74) is 2.73. The largest absolute Gasteiger partial charge is 0.481 e. The predicted molar refractivity (Wildman–Crippen MR) is 84.5 cm³/mol. The minimum atomic E-state index is -0.839. The highest BCUT2D eigenvalue weighted by molar-refractivity contribution is 9.10. The van der Waals surface area contributed by atoms with E-state index in [4.69, 9.17) is 5.11 Å². The Bertz CT molecular complexity index is 565. The van der Waals surface area contributed by atoms with E-state index in [-0.39, 0.29) is 18.5 Å². The lowest BCUT2D eigenvalue weighted by Gasteiger charge is -2.19. The Labute approximate surface area is 132 Å². The molecule has 1 heterocycles. The van der Waals surface area contributed by atoms with Gasteiger partial charge in [0.1, 0.15) is 0 Å². The van der Waals surface area contributed by atoms with Gasteiger partial charge >= 0.3 is 12.0 Å². The van der Waals surface area contributed by atoms with E-state index in [2.05, 4.69) is 21.2 Å². The molecule has 2 rings (SSSR count). The lowest BCUT2D eigenvalue weighted by atomic mass is 9.99. The van der Waals surface area contributed by atoms with Crippen molar-refractivity contribution in [2.45, 2.75) is 20.8 Å². The molecule has 0 radical (unpaired) electrons. The van der Waals surface area contributed by atoms with Crippen LogP contribution in [-0.4, -0.2) is 35.1 Å². The molecule has 1 aromatic carbocycles. The molecule has 1 aliphatic heterocycles. The van der Waals surface area contributed by atoms with Crippen LogP contribution in [0.3, 0.4) is 0 Å². The molecule has 0 spiro atoms. The van der Waals surface area contributed by atoms with Gasteiger partial charge in [0.25, 0.3) is 0 Å². The summed E-state index contributed by atoms with van der Waals surface area (Å²) >= 11 is 3.42. The molecule has 6 heteroatoms. The molecule has 5 nitrogen and oxygen atoms in total. The summed E-state index contributed by atoms with van der Waals surface area (Å²) in [5, 5.41) is 12.0. The molecule has 0 saturated carbocycles. The quantitative estimate of drug-likeness (QED) is 0.856. The third-order valence-corrected chi connectivity index (χ3v) is 4.40. The van der Waals surface area contributed by atoms with E-state index in [1.807, 2.05) is 32.9 Å². The standard InChI is InChI=1S/C15H19BrN2O3/c1-8-4-11(16)5-9(2)13(8)17-15(21)18-6-10(3)12(7-18)14(19)20/h4-5,10,12H,6-7H2,1-3H3,(H,17,21)(H,19,20)/t10-,12-/m1/s1. The smallest absolute Gasteiger partial charge is 0.321 e. The first kappa shape index (κ1) is 15.8. The Morgan fingerprint density at radius 3 is 2.33 bits per heavy atom. The van der Waals surface area contributed by atoms with Crippen molar-refractivity contribution in [2.75, 3.05) is 18.4 Å². The molecule has 2 N–H and O–H groups in total. The molecular formula is C15H19BrN2O3. The van der Waals surface area contributed by atoms with Crippen molar-refractivity contribution in [3.05, 3.63) is 27.7 Å². The number of carbonyl (C=O) groups is 2. The van der Waals surface area contributed by atoms with Gasteiger partial charge in [0.15, 0.2) is 0 Å². The minimum absolute atomic E-state index is 0.0274. The van der Waals surface area contributed by atoms with Crippen molar-refractivity contribution in [1.29, 1.82) is 0 Å². The average Bonchev–Trinajstić information content (AvgIpc) is 2.75. The van der Waals surface area contributed by atoms with Crippen molar-refractivity contribution < 1.29 is 14.7 Å². The molecule has 1 aliphatic rings. The van der Waals surface area contributed by atoms with Crippen LogP contribution >= 0.6 is 15.9 Å². The van der Waals surface area contributed by atoms with E-state index < -0.39 is 11.9 Å². The highest BCUT2D eigenvalue weighted by atomic mass is 79.9. The van der Waals surface area contributed by atoms with Gasteiger partial charge in [0.2, 0.25) is 0 Å². The van der Waals surface area contributed by atoms with Gasteiger partial charge in [0, 0.05) is 23.2 Å². The number of likely N-dealkylation sites (tertiary alicyclic amines) is 1. The fourth-order valence-electron chi connectivity index (χ4n) is 2.75. The fourth-order valence-corrected chi connectivity index (χ4v) is 3.43. The van der Waals surface area contributed by atoms with E-state index in [1.54, 1.807) is 4.90 Å². The zero-order valence-electron chi connectivity index (χ0n) is 12.3. The third kappa shape index (κ3) is 3.37. The third-order valence-electron chi connectivity index (χ3n) is 3.95. The second kappa shape index (κ2) is 6.05. The Morgan fingerprint density at radius 2 is 1.86 bits per heavy atom. The summed E-state index contributed by atoms with van der Waals surface area (Å²) in [6, 6.07) is 3.64. The number of carboxylic acids is 1. The number of aliphatic carboxylic acids is 1. The first-order valence-corrected chi connectivity index (χ1v) is 7.64. The Morgan fingerprint density at radius 1 is 1.29 bits per heavy atom. The van der Waals surface area contributed by atoms with Crippen molar-refractivity contribution in [2.24, 2.45) is 11.8 Å². The number of benzene rings is 1. The summed E-state index contributed by atoms with van der Waals surface area (Å²) in [6.45, 7) is 6.46. The van der Waals surface area contributed by atoms with E-state index in [1.165, 1.54) is 0 Å². The average molecular weight is 355 g/mol. The molecule has 0 unspecified atom stereocenters. The van der Waals surface area contributed by atoms with Crippen LogP contribution in [0.25, 0.3) is 0 Å². The van der Waals surface area contributed by atoms with Crippen LogP contribution in [0, 0.1) is 25.7 Å². The number of hydrogen-bond donors (Lipinski definition) is 2. The zero-order valence-corrected chi connectivity index (χ0v) is 13.9. The van der Waals surface area contributed by atoms with Gasteiger partial charge in [-0.3, -0.25) is 4.79 Å². The molecule has 0 aromatic heterocycles. The number of amides is 2. The first-order chi connectivity index (χ1) is 9.79. The number of halogens is 1. The van der Waals surface area contributed by atoms with Gasteiger partial charge in [-0.25, -0.2) is 4.79 Å². The van der Waals surface area contributed by atoms with Gasteiger partial charge in [-0.2, -0.15) is 0 Å². The number of hydrogen-bond acceptors (Lipinski definition) is 2. The summed E-state index contributed by atoms with van der Waals surface area (Å²) in [5.74, 6) is -1.35. The molecule has 1 aromatic rings. The Hall–Kier alpha value is -1.56. The van der Waals surface area contributed by atoms with E-state index in [9.17, 15) is 9.59 Å². The van der Waals surface area contributed by atoms with Crippen LogP contribution < -0.4 is 5.32 Å². The highest BCUT2D eigenvalue weighted by Gasteiger charge is 2.37. The van der Waals surface area contributed by atoms with Crippen molar-refractivity contribution >= 4 is 33.6 Å². The normalized spacial score (nSPS) is 21.4. The molecule has 114 valence electrons. The van der Waals surface area contributed by atoms with Crippen LogP contribution in [-0.2, 0) is 4.79 Å². The van der Waals surface area contributed by atoms with Crippen molar-refractivity contribution in [3.63, 3.8) is 0 Å². The molecule has 1 saturated heterocycles. The minimum Gasteiger partial charge on any atom is -0.481 e. The highest BCUT2D eigenvalue weighted by Crippen LogP contribution is 2.27. The molecule has 0 bridgehead atoms. The predicted octanol–water partition coefficient (Wildman–Crippen LogP) is 3.25. The fraction of sp³-hybridized carbons (Fsp3) is 0.467. The maximum Gasteiger partial charge on any atom is 0.321 e. The number of aryl methyl sites for hydroxylation is 2. The van der Waals surface area contributed by atoms with Gasteiger partial charge in [0.05, 0.1) is 5.92 Å². The van der Waals surface area contributed by atoms with Gasteiger partial charge in [-0.05, 0) is 43.0 Å². The van der Waals surface area contributed by atoms with Crippen LogP contribution in [0.2, 0.25) is 0 Å². The Balaban J connectivity index is 2.11. The van der Waals surface area contributed by atoms with Crippen LogP contribution in [0.15, 0.2) is 16.6 Å². The molecule has 0 aliphatic carbocycles. The number of nitrogens with one attached hydrogen (secondary N) is 1. The molecular weight excluding hydrogens is 336 g/mol. The van der Waals surface area contributed by atoms with Crippen LogP contribution in [0.4, 0.5) is 10.5 Å². The van der Waals surface area contributed by atoms with Crippen molar-refractivity contribution in [1.82, 2.24) is 4.90 Å². The monoisotopic (exact) mass is 354 g/mol. The van der Waals surface area contributed by atoms with E-state index in [0.29, 0.717) is 6.54 Å². The lowest BCUT2D eigenvalue weighted by molar-refractivity contribution is -0.142. The number of carboxylic acid groups (broad SMARTS) is 1. The maximum atomic E-state index is 12.3. The summed E-state index contributed by atoms with van der Waals surface area (Å²) in [6.07, 6.45) is 0. The first-order valence-electron chi connectivity index (χ1n) is 6.85. The van der Waals surface area contributed by atoms with Crippen LogP contribution in [0.1, 0.15) is 18.1 Å². The second-order valence-electron chi connectivity index (χ2n) is 5.67. The summed E-state index contributed by atoms with van der Waals surface area (Å²) < 4.78 is 0.969. The zero-order chi connectivity index (χ0) is 15.7. The van der Waals surface area contributed by atoms with E-state index >= 15 is 0 Å². The van der Waals surface area contributed by atoms with Gasteiger partial charge in [-0.15, -0.1) is 0 Å². The van der Waals surface area contributed by atoms with Gasteiger partial charge in [-0.1, -0.05) is 22.9 Å². The second-order valence-corrected chi connectivity index (χ2v) is 6.59. The molecule has 2 amide bonds. The number of rotatable bonds is 2. The number of urea groups is 1. The number of nitrogens with zero attached hydrogens (tertiary/aromatic N) is 1. The molecule has 1 fully saturated rings. The van der Waals surface area contributed by atoms with Gasteiger partial charge < -0.3 is 15.3 Å². The van der Waals surface area contributed by atoms with Crippen molar-refractivity contribution in [3.8, 4) is 0 Å². The summed E-state index contributed by atoms with van der Waals surface area (Å²) in [7, 11) is 0. The summed E-state index contributed by atoms with van der Waals surface area (Å²) in [4.78, 5) is 25.0.